The van der Waals surface area contributed by atoms with Crippen molar-refractivity contribution in [3.63, 3.8) is 0 Å². The van der Waals surface area contributed by atoms with Crippen LogP contribution < -0.4 is 20.7 Å². The third-order valence-electron chi connectivity index (χ3n) is 3.66. The summed E-state index contributed by atoms with van der Waals surface area (Å²) in [4.78, 5) is 25.1. The van der Waals surface area contributed by atoms with E-state index in [9.17, 15) is 9.18 Å². The Labute approximate surface area is 168 Å². The molecule has 1 aliphatic carbocycles. The van der Waals surface area contributed by atoms with Gasteiger partial charge in [0.05, 0.1) is 5.69 Å². The first-order valence-electron chi connectivity index (χ1n) is 8.97. The van der Waals surface area contributed by atoms with Gasteiger partial charge in [-0.1, -0.05) is 12.2 Å². The Kier molecular flexibility index (Phi) is 8.37. The first-order chi connectivity index (χ1) is 14.0. The summed E-state index contributed by atoms with van der Waals surface area (Å²) in [5.74, 6) is 0.333. The minimum atomic E-state index is -0.577. The first kappa shape index (κ1) is 21.6. The Bertz CT molecular complexity index is 913. The normalized spacial score (nSPS) is 12.0. The van der Waals surface area contributed by atoms with Crippen molar-refractivity contribution >= 4 is 18.1 Å². The number of ether oxygens (including phenoxy) is 1. The topological polar surface area (TPSA) is 92.4 Å². The van der Waals surface area contributed by atoms with Crippen LogP contribution >= 0.6 is 0 Å². The molecule has 1 aromatic heterocycles. The second kappa shape index (κ2) is 11.2. The van der Waals surface area contributed by atoms with Gasteiger partial charge < -0.3 is 20.7 Å². The van der Waals surface area contributed by atoms with Crippen LogP contribution in [0.5, 0.6) is 11.5 Å². The summed E-state index contributed by atoms with van der Waals surface area (Å²) in [6, 6.07) is 7.23. The average molecular weight is 398 g/mol. The van der Waals surface area contributed by atoms with E-state index in [0.29, 0.717) is 23.6 Å². The third-order valence-corrected chi connectivity index (χ3v) is 3.66. The lowest BCUT2D eigenvalue weighted by atomic mass is 10.1. The van der Waals surface area contributed by atoms with Crippen molar-refractivity contribution < 1.29 is 18.7 Å². The first-order valence-corrected chi connectivity index (χ1v) is 8.97. The molecule has 3 amide bonds. The Balaban J connectivity index is 0.000000687. The number of benzene rings is 1. The van der Waals surface area contributed by atoms with Crippen LogP contribution in [-0.2, 0) is 4.79 Å². The maximum Gasteiger partial charge on any atom is 0.323 e. The Hall–Kier alpha value is -3.68. The molecule has 0 fully saturated rings. The predicted molar refractivity (Wildman–Crippen MR) is 109 cm³/mol. The summed E-state index contributed by atoms with van der Waals surface area (Å²) < 4.78 is 19.8. The van der Waals surface area contributed by atoms with Gasteiger partial charge in [-0.2, -0.15) is 0 Å². The molecule has 1 aromatic carbocycles. The lowest BCUT2D eigenvalue weighted by molar-refractivity contribution is -0.109. The van der Waals surface area contributed by atoms with E-state index >= 15 is 0 Å². The lowest BCUT2D eigenvalue weighted by Crippen LogP contribution is -2.28. The molecule has 0 aliphatic heterocycles. The molecule has 0 unspecified atom stereocenters. The molecule has 2 aromatic rings. The Morgan fingerprint density at radius 1 is 1.17 bits per heavy atom. The summed E-state index contributed by atoms with van der Waals surface area (Å²) in [5.41, 5.74) is 1.59. The molecule has 0 saturated heterocycles. The lowest BCUT2D eigenvalue weighted by Gasteiger charge is -2.12. The molecule has 8 heteroatoms. The molecule has 3 rings (SSSR count). The summed E-state index contributed by atoms with van der Waals surface area (Å²) >= 11 is 0. The molecular weight excluding hydrogens is 375 g/mol. The Morgan fingerprint density at radius 2 is 1.93 bits per heavy atom. The van der Waals surface area contributed by atoms with E-state index < -0.39 is 11.8 Å². The highest BCUT2D eigenvalue weighted by Crippen LogP contribution is 2.25. The zero-order valence-electron chi connectivity index (χ0n) is 16.2. The van der Waals surface area contributed by atoms with E-state index in [1.165, 1.54) is 12.1 Å². The van der Waals surface area contributed by atoms with Gasteiger partial charge in [-0.25, -0.2) is 9.18 Å². The fourth-order valence-electron chi connectivity index (χ4n) is 2.37. The number of anilines is 1. The van der Waals surface area contributed by atoms with Crippen LogP contribution in [0.2, 0.25) is 0 Å². The van der Waals surface area contributed by atoms with Crippen molar-refractivity contribution in [1.82, 2.24) is 15.6 Å². The molecule has 0 radical (unpaired) electrons. The van der Waals surface area contributed by atoms with Crippen molar-refractivity contribution in [1.29, 1.82) is 0 Å². The van der Waals surface area contributed by atoms with E-state index in [4.69, 9.17) is 9.53 Å². The second-order valence-corrected chi connectivity index (χ2v) is 6.00. The van der Waals surface area contributed by atoms with Gasteiger partial charge in [0, 0.05) is 36.8 Å². The number of aromatic nitrogens is 1. The maximum absolute atomic E-state index is 14.2. The van der Waals surface area contributed by atoms with Crippen LogP contribution in [0, 0.1) is 12.7 Å². The quantitative estimate of drug-likeness (QED) is 0.663. The average Bonchev–Trinajstić information content (AvgIpc) is 2.71. The van der Waals surface area contributed by atoms with Crippen LogP contribution in [0.15, 0.2) is 60.5 Å². The molecule has 0 atom stereocenters. The fraction of sp³-hybridized carbons (Fsp3) is 0.190. The maximum atomic E-state index is 14.2. The van der Waals surface area contributed by atoms with Crippen LogP contribution in [-0.4, -0.2) is 24.5 Å². The number of nitrogens with one attached hydrogen (secondary N) is 3. The zero-order chi connectivity index (χ0) is 21.1. The summed E-state index contributed by atoms with van der Waals surface area (Å²) in [6.45, 7) is 1.84. The third kappa shape index (κ3) is 7.45. The van der Waals surface area contributed by atoms with Gasteiger partial charge in [0.1, 0.15) is 17.3 Å². The summed E-state index contributed by atoms with van der Waals surface area (Å²) in [7, 11) is 1.56. The zero-order valence-corrected chi connectivity index (χ0v) is 16.2. The monoisotopic (exact) mass is 398 g/mol. The smallest absolute Gasteiger partial charge is 0.323 e. The molecule has 0 saturated carbocycles. The highest BCUT2D eigenvalue weighted by atomic mass is 19.1. The number of nitrogens with zero attached hydrogens (tertiary/aromatic N) is 1. The largest absolute Gasteiger partial charge is 0.457 e. The molecule has 7 nitrogen and oxygen atoms in total. The van der Waals surface area contributed by atoms with E-state index in [2.05, 4.69) is 20.9 Å². The number of pyridine rings is 1. The molecule has 0 spiro atoms. The molecule has 1 aliphatic rings. The van der Waals surface area contributed by atoms with Crippen molar-refractivity contribution in [2.75, 3.05) is 12.4 Å². The molecular formula is C21H23FN4O3. The minimum Gasteiger partial charge on any atom is -0.457 e. The minimum absolute atomic E-state index is 0.0798. The van der Waals surface area contributed by atoms with Crippen molar-refractivity contribution in [2.45, 2.75) is 19.8 Å². The fourth-order valence-corrected chi connectivity index (χ4v) is 2.37. The number of carbonyl (C=O) groups is 2. The second-order valence-electron chi connectivity index (χ2n) is 6.00. The van der Waals surface area contributed by atoms with Crippen molar-refractivity contribution in [3.05, 3.63) is 72.0 Å². The molecule has 1 heterocycles. The van der Waals surface area contributed by atoms with E-state index in [1.807, 2.05) is 25.2 Å². The summed E-state index contributed by atoms with van der Waals surface area (Å²) in [5, 5.41) is 7.42. The van der Waals surface area contributed by atoms with E-state index in [0.717, 1.165) is 18.5 Å². The van der Waals surface area contributed by atoms with Crippen LogP contribution in [0.1, 0.15) is 18.5 Å². The highest BCUT2D eigenvalue weighted by molar-refractivity contribution is 5.90. The van der Waals surface area contributed by atoms with Crippen molar-refractivity contribution in [2.24, 2.45) is 0 Å². The van der Waals surface area contributed by atoms with Gasteiger partial charge in [-0.3, -0.25) is 9.78 Å². The van der Waals surface area contributed by atoms with Crippen molar-refractivity contribution in [3.8, 4) is 11.5 Å². The molecule has 29 heavy (non-hydrogen) atoms. The Morgan fingerprint density at radius 3 is 2.55 bits per heavy atom. The van der Waals surface area contributed by atoms with Crippen LogP contribution in [0.4, 0.5) is 14.9 Å². The molecule has 152 valence electrons. The number of hydrogen-bond acceptors (Lipinski definition) is 4. The van der Waals surface area contributed by atoms with Gasteiger partial charge in [0.15, 0.2) is 0 Å². The highest BCUT2D eigenvalue weighted by Gasteiger charge is 2.10. The number of halogens is 1. The number of urea groups is 1. The van der Waals surface area contributed by atoms with Gasteiger partial charge in [0.2, 0.25) is 6.41 Å². The van der Waals surface area contributed by atoms with E-state index in [-0.39, 0.29) is 5.69 Å². The van der Waals surface area contributed by atoms with Gasteiger partial charge >= 0.3 is 6.03 Å². The predicted octanol–water partition coefficient (Wildman–Crippen LogP) is 4.04. The SMILES string of the molecule is CNC=O.Cc1cc(Oc2ccc(NC(=O)NC3=CCCC=C3)c(F)c2)ccn1. The van der Waals surface area contributed by atoms with E-state index in [1.54, 1.807) is 31.4 Å². The number of aryl methyl sites for hydroxylation is 1. The van der Waals surface area contributed by atoms with Gasteiger partial charge in [-0.15, -0.1) is 0 Å². The number of carbonyl (C=O) groups excluding carboxylic acids is 2. The van der Waals surface area contributed by atoms with Gasteiger partial charge in [-0.05, 0) is 44.0 Å². The number of amides is 3. The van der Waals surface area contributed by atoms with Gasteiger partial charge in [0.25, 0.3) is 0 Å². The summed E-state index contributed by atoms with van der Waals surface area (Å²) in [6.07, 6.45) is 9.80. The molecule has 3 N–H and O–H groups in total. The van der Waals surface area contributed by atoms with Crippen LogP contribution in [0.3, 0.4) is 0 Å². The standard InChI is InChI=1S/C19H18FN3O2.C2H5NO/c1-13-11-16(9-10-21-13)25-15-7-8-18(17(20)12-15)23-19(24)22-14-5-3-2-4-6-14;1-3-2-4/h3,5-12H,2,4H2,1H3,(H2,22,23,24);2H,1H3,(H,3,4). The molecule has 0 bridgehead atoms. The van der Waals surface area contributed by atoms with Crippen LogP contribution in [0.25, 0.3) is 0 Å². The number of rotatable bonds is 5. The number of allylic oxidation sites excluding steroid dienone is 3. The number of hydrogen-bond donors (Lipinski definition) is 3.